The van der Waals surface area contributed by atoms with Crippen molar-refractivity contribution in [2.75, 3.05) is 24.6 Å². The number of nitrogens with zero attached hydrogens (tertiary/aromatic N) is 2. The smallest absolute Gasteiger partial charge is 0.417 e. The highest BCUT2D eigenvalue weighted by Crippen LogP contribution is 2.35. The number of hydrogen-bond acceptors (Lipinski definition) is 4. The third-order valence-electron chi connectivity index (χ3n) is 3.55. The standard InChI is InChI=1S/C17H13F6N3O2/c18-16(19,20)10-26(5-6-28-13-3-4-15(27)25-9-13)12-2-1-11(8-24)14(7-12)17(21,22)23/h1-4,7,9H,5-6,10H2,(H,25,27). The first-order valence-electron chi connectivity index (χ1n) is 7.74. The second kappa shape index (κ2) is 8.24. The van der Waals surface area contributed by atoms with Gasteiger partial charge in [0, 0.05) is 18.0 Å². The molecule has 0 radical (unpaired) electrons. The van der Waals surface area contributed by atoms with E-state index >= 15 is 0 Å². The Bertz CT molecular complexity index is 894. The molecule has 11 heteroatoms. The van der Waals surface area contributed by atoms with Gasteiger partial charge in [0.15, 0.2) is 0 Å². The van der Waals surface area contributed by atoms with Gasteiger partial charge in [-0.1, -0.05) is 0 Å². The van der Waals surface area contributed by atoms with Crippen LogP contribution in [0.4, 0.5) is 32.0 Å². The molecular formula is C17H13F6N3O2. The van der Waals surface area contributed by atoms with Gasteiger partial charge in [-0.2, -0.15) is 31.6 Å². The van der Waals surface area contributed by atoms with Crippen LogP contribution in [0.2, 0.25) is 0 Å². The van der Waals surface area contributed by atoms with Crippen LogP contribution >= 0.6 is 0 Å². The molecule has 2 aromatic rings. The highest BCUT2D eigenvalue weighted by molar-refractivity contribution is 5.55. The maximum Gasteiger partial charge on any atom is 0.417 e. The number of alkyl halides is 6. The summed E-state index contributed by atoms with van der Waals surface area (Å²) in [6, 6.07) is 6.17. The van der Waals surface area contributed by atoms with Gasteiger partial charge in [0.2, 0.25) is 5.56 Å². The first kappa shape index (κ1) is 21.1. The lowest BCUT2D eigenvalue weighted by atomic mass is 10.1. The van der Waals surface area contributed by atoms with E-state index < -0.39 is 35.6 Å². The number of nitriles is 1. The number of pyridine rings is 1. The fourth-order valence-corrected chi connectivity index (χ4v) is 2.34. The van der Waals surface area contributed by atoms with E-state index in [2.05, 4.69) is 4.98 Å². The summed E-state index contributed by atoms with van der Waals surface area (Å²) < 4.78 is 83.1. The number of aromatic amines is 1. The SMILES string of the molecule is N#Cc1ccc(N(CCOc2ccc(=O)[nH]c2)CC(F)(F)F)cc1C(F)(F)F. The third kappa shape index (κ3) is 5.94. The molecule has 1 aromatic carbocycles. The molecule has 0 unspecified atom stereocenters. The fraction of sp³-hybridized carbons (Fsp3) is 0.294. The van der Waals surface area contributed by atoms with E-state index in [4.69, 9.17) is 10.00 Å². The van der Waals surface area contributed by atoms with Crippen LogP contribution in [0.25, 0.3) is 0 Å². The molecule has 0 amide bonds. The van der Waals surface area contributed by atoms with Crippen LogP contribution in [-0.2, 0) is 6.18 Å². The van der Waals surface area contributed by atoms with Gasteiger partial charge in [-0.3, -0.25) is 4.79 Å². The zero-order valence-electron chi connectivity index (χ0n) is 14.1. The third-order valence-corrected chi connectivity index (χ3v) is 3.55. The van der Waals surface area contributed by atoms with Crippen molar-refractivity contribution in [2.45, 2.75) is 12.4 Å². The Hall–Kier alpha value is -3.16. The molecule has 0 fully saturated rings. The minimum Gasteiger partial charge on any atom is -0.490 e. The van der Waals surface area contributed by atoms with Gasteiger partial charge in [0.25, 0.3) is 0 Å². The number of H-pyrrole nitrogens is 1. The average Bonchev–Trinajstić information content (AvgIpc) is 2.60. The van der Waals surface area contributed by atoms with Gasteiger partial charge >= 0.3 is 12.4 Å². The first-order valence-corrected chi connectivity index (χ1v) is 7.74. The first-order chi connectivity index (χ1) is 13.0. The summed E-state index contributed by atoms with van der Waals surface area (Å²) in [4.78, 5) is 13.9. The minimum absolute atomic E-state index is 0.183. The number of rotatable bonds is 6. The Morgan fingerprint density at radius 2 is 1.82 bits per heavy atom. The van der Waals surface area contributed by atoms with Gasteiger partial charge in [0.05, 0.1) is 23.7 Å². The molecule has 28 heavy (non-hydrogen) atoms. The van der Waals surface area contributed by atoms with Crippen LogP contribution in [0.3, 0.4) is 0 Å². The maximum atomic E-state index is 13.1. The lowest BCUT2D eigenvalue weighted by Crippen LogP contribution is -2.37. The van der Waals surface area contributed by atoms with Crippen molar-refractivity contribution in [3.05, 3.63) is 58.0 Å². The van der Waals surface area contributed by atoms with Crippen molar-refractivity contribution >= 4 is 5.69 Å². The summed E-state index contributed by atoms with van der Waals surface area (Å²) in [6.07, 6.45) is -8.36. The van der Waals surface area contributed by atoms with Crippen molar-refractivity contribution in [3.63, 3.8) is 0 Å². The molecular weight excluding hydrogens is 392 g/mol. The lowest BCUT2D eigenvalue weighted by Gasteiger charge is -2.27. The van der Waals surface area contributed by atoms with Gasteiger partial charge < -0.3 is 14.6 Å². The number of aromatic nitrogens is 1. The van der Waals surface area contributed by atoms with Gasteiger partial charge in [0.1, 0.15) is 18.9 Å². The predicted molar refractivity (Wildman–Crippen MR) is 87.0 cm³/mol. The molecule has 0 spiro atoms. The maximum absolute atomic E-state index is 13.1. The van der Waals surface area contributed by atoms with Crippen molar-refractivity contribution in [3.8, 4) is 11.8 Å². The molecule has 1 aromatic heterocycles. The van der Waals surface area contributed by atoms with E-state index in [0.717, 1.165) is 18.2 Å². The van der Waals surface area contributed by atoms with Crippen LogP contribution in [0.5, 0.6) is 5.75 Å². The number of anilines is 1. The van der Waals surface area contributed by atoms with E-state index in [-0.39, 0.29) is 24.6 Å². The van der Waals surface area contributed by atoms with Crippen LogP contribution in [0, 0.1) is 11.3 Å². The van der Waals surface area contributed by atoms with E-state index in [1.54, 1.807) is 0 Å². The number of benzene rings is 1. The fourth-order valence-electron chi connectivity index (χ4n) is 2.34. The van der Waals surface area contributed by atoms with Crippen LogP contribution < -0.4 is 15.2 Å². The molecule has 0 saturated heterocycles. The molecule has 0 aliphatic rings. The van der Waals surface area contributed by atoms with Crippen molar-refractivity contribution in [2.24, 2.45) is 0 Å². The monoisotopic (exact) mass is 405 g/mol. The van der Waals surface area contributed by atoms with E-state index in [0.29, 0.717) is 11.0 Å². The molecule has 0 aliphatic heterocycles. The molecule has 0 aliphatic carbocycles. The summed E-state index contributed by atoms with van der Waals surface area (Å²) >= 11 is 0. The zero-order chi connectivity index (χ0) is 20.9. The Labute approximate surface area is 154 Å². The molecule has 0 atom stereocenters. The molecule has 1 heterocycles. The van der Waals surface area contributed by atoms with Gasteiger partial charge in [-0.05, 0) is 24.3 Å². The lowest BCUT2D eigenvalue weighted by molar-refractivity contribution is -0.137. The zero-order valence-corrected chi connectivity index (χ0v) is 14.1. The normalized spacial score (nSPS) is 11.8. The Morgan fingerprint density at radius 1 is 1.11 bits per heavy atom. The summed E-state index contributed by atoms with van der Waals surface area (Å²) in [5.41, 5.74) is -2.76. The Kier molecular flexibility index (Phi) is 6.23. The van der Waals surface area contributed by atoms with Gasteiger partial charge in [-0.25, -0.2) is 0 Å². The molecule has 150 valence electrons. The summed E-state index contributed by atoms with van der Waals surface area (Å²) in [5.74, 6) is 0.183. The summed E-state index contributed by atoms with van der Waals surface area (Å²) in [6.45, 7) is -2.18. The van der Waals surface area contributed by atoms with Crippen LogP contribution in [-0.4, -0.2) is 30.9 Å². The Balaban J connectivity index is 2.24. The highest BCUT2D eigenvalue weighted by atomic mass is 19.4. The van der Waals surface area contributed by atoms with E-state index in [1.165, 1.54) is 18.3 Å². The highest BCUT2D eigenvalue weighted by Gasteiger charge is 2.36. The molecule has 2 rings (SSSR count). The second-order valence-corrected chi connectivity index (χ2v) is 5.61. The molecule has 1 N–H and O–H groups in total. The molecule has 0 bridgehead atoms. The van der Waals surface area contributed by atoms with Crippen molar-refractivity contribution < 1.29 is 31.1 Å². The van der Waals surface area contributed by atoms with Crippen molar-refractivity contribution in [1.29, 1.82) is 5.26 Å². The van der Waals surface area contributed by atoms with Crippen LogP contribution in [0.1, 0.15) is 11.1 Å². The topological polar surface area (TPSA) is 69.1 Å². The van der Waals surface area contributed by atoms with E-state index in [1.807, 2.05) is 0 Å². The number of ether oxygens (including phenoxy) is 1. The average molecular weight is 405 g/mol. The largest absolute Gasteiger partial charge is 0.490 e. The van der Waals surface area contributed by atoms with Crippen molar-refractivity contribution in [1.82, 2.24) is 4.98 Å². The minimum atomic E-state index is -4.89. The molecule has 5 nitrogen and oxygen atoms in total. The van der Waals surface area contributed by atoms with Crippen LogP contribution in [0.15, 0.2) is 41.3 Å². The Morgan fingerprint density at radius 3 is 2.36 bits per heavy atom. The quantitative estimate of drug-likeness (QED) is 0.744. The summed E-state index contributed by atoms with van der Waals surface area (Å²) in [5, 5.41) is 8.80. The van der Waals surface area contributed by atoms with Gasteiger partial charge in [-0.15, -0.1) is 0 Å². The summed E-state index contributed by atoms with van der Waals surface area (Å²) in [7, 11) is 0. The predicted octanol–water partition coefficient (Wildman–Crippen LogP) is 3.71. The number of nitrogens with one attached hydrogen (secondary N) is 1. The second-order valence-electron chi connectivity index (χ2n) is 5.61. The van der Waals surface area contributed by atoms with E-state index in [9.17, 15) is 31.1 Å². The number of halogens is 6. The molecule has 0 saturated carbocycles. The number of hydrogen-bond donors (Lipinski definition) is 1.